The maximum atomic E-state index is 10.8. The van der Waals surface area contributed by atoms with E-state index in [1.54, 1.807) is 20.3 Å². The number of methoxy groups -OCH3 is 2. The molecule has 0 aliphatic heterocycles. The van der Waals surface area contributed by atoms with Gasteiger partial charge in [0.2, 0.25) is 0 Å². The Hall–Kier alpha value is -0.283. The van der Waals surface area contributed by atoms with Crippen molar-refractivity contribution in [3.05, 3.63) is 12.7 Å². The van der Waals surface area contributed by atoms with Gasteiger partial charge in [0.1, 0.15) is 25.8 Å². The minimum atomic E-state index is -2.10. The minimum Gasteiger partial charge on any atom is -0.408 e. The van der Waals surface area contributed by atoms with Crippen LogP contribution in [0.3, 0.4) is 0 Å². The highest BCUT2D eigenvalue weighted by molar-refractivity contribution is 6.74. The summed E-state index contributed by atoms with van der Waals surface area (Å²) in [6.45, 7) is 14.8. The molecule has 0 amide bonds. The molecule has 1 aliphatic carbocycles. The zero-order chi connectivity index (χ0) is 18.5. The van der Waals surface area contributed by atoms with Gasteiger partial charge < -0.3 is 28.5 Å². The molecule has 24 heavy (non-hydrogen) atoms. The van der Waals surface area contributed by atoms with Crippen molar-refractivity contribution in [3.8, 4) is 0 Å². The number of rotatable bonds is 9. The van der Waals surface area contributed by atoms with Gasteiger partial charge in [-0.1, -0.05) is 26.8 Å². The third kappa shape index (κ3) is 4.88. The number of aliphatic hydroxyl groups excluding tert-OH is 1. The topological polar surface area (TPSA) is 66.4 Å². The van der Waals surface area contributed by atoms with Crippen LogP contribution in [0.1, 0.15) is 20.8 Å². The zero-order valence-electron chi connectivity index (χ0n) is 16.1. The summed E-state index contributed by atoms with van der Waals surface area (Å²) >= 11 is 0. The van der Waals surface area contributed by atoms with E-state index in [1.165, 1.54) is 0 Å². The van der Waals surface area contributed by atoms with E-state index < -0.39 is 32.7 Å². The van der Waals surface area contributed by atoms with E-state index in [-0.39, 0.29) is 24.5 Å². The van der Waals surface area contributed by atoms with Crippen LogP contribution in [-0.4, -0.2) is 65.6 Å². The average molecular weight is 363 g/mol. The Morgan fingerprint density at radius 3 is 1.92 bits per heavy atom. The van der Waals surface area contributed by atoms with E-state index in [1.807, 2.05) is 0 Å². The molecule has 1 N–H and O–H groups in total. The Bertz CT molecular complexity index is 395. The first-order valence-corrected chi connectivity index (χ1v) is 11.2. The largest absolute Gasteiger partial charge is 0.408 e. The fourth-order valence-corrected chi connectivity index (χ4v) is 3.94. The standard InChI is InChI=1S/C17H34O6Si/c1-9-12-13(18)15(23-24(7,8)17(2,3)4)16(22-11-20-6)14(12)21-10-19-5/h9,12-16,18H,1,10-11H2,2-8H3/t12-,13-,14+,15+,16+/m1/s1. The van der Waals surface area contributed by atoms with E-state index in [2.05, 4.69) is 40.4 Å². The molecule has 1 fully saturated rings. The van der Waals surface area contributed by atoms with Crippen molar-refractivity contribution in [2.75, 3.05) is 27.8 Å². The second-order valence-electron chi connectivity index (χ2n) is 7.72. The molecule has 0 aromatic rings. The molecule has 0 spiro atoms. The first-order chi connectivity index (χ1) is 11.1. The lowest BCUT2D eigenvalue weighted by molar-refractivity contribution is -0.168. The normalized spacial score (nSPS) is 31.4. The number of ether oxygens (including phenoxy) is 4. The quantitative estimate of drug-likeness (QED) is 0.386. The van der Waals surface area contributed by atoms with Crippen molar-refractivity contribution in [1.29, 1.82) is 0 Å². The Morgan fingerprint density at radius 2 is 1.50 bits per heavy atom. The van der Waals surface area contributed by atoms with E-state index in [0.29, 0.717) is 0 Å². The van der Waals surface area contributed by atoms with Gasteiger partial charge >= 0.3 is 0 Å². The van der Waals surface area contributed by atoms with E-state index in [9.17, 15) is 5.11 Å². The van der Waals surface area contributed by atoms with Crippen LogP contribution < -0.4 is 0 Å². The molecule has 5 atom stereocenters. The Balaban J connectivity index is 3.06. The first kappa shape index (κ1) is 21.8. The molecule has 0 saturated heterocycles. The van der Waals surface area contributed by atoms with Crippen LogP contribution in [0.5, 0.6) is 0 Å². The van der Waals surface area contributed by atoms with Gasteiger partial charge in [-0.3, -0.25) is 0 Å². The van der Waals surface area contributed by atoms with Gasteiger partial charge in [-0.15, -0.1) is 6.58 Å². The predicted molar refractivity (Wildman–Crippen MR) is 95.3 cm³/mol. The number of hydrogen-bond donors (Lipinski definition) is 1. The van der Waals surface area contributed by atoms with Gasteiger partial charge in [0, 0.05) is 20.1 Å². The van der Waals surface area contributed by atoms with Crippen molar-refractivity contribution >= 4 is 8.32 Å². The molecule has 0 radical (unpaired) electrons. The highest BCUT2D eigenvalue weighted by atomic mass is 28.4. The first-order valence-electron chi connectivity index (χ1n) is 8.30. The van der Waals surface area contributed by atoms with Crippen molar-refractivity contribution < 1.29 is 28.5 Å². The summed E-state index contributed by atoms with van der Waals surface area (Å²) in [7, 11) is 1.02. The minimum absolute atomic E-state index is 0.0215. The zero-order valence-corrected chi connectivity index (χ0v) is 17.1. The summed E-state index contributed by atoms with van der Waals surface area (Å²) in [4.78, 5) is 0. The molecular formula is C17H34O6Si. The van der Waals surface area contributed by atoms with E-state index in [0.717, 1.165) is 0 Å². The van der Waals surface area contributed by atoms with Crippen LogP contribution in [0.15, 0.2) is 12.7 Å². The van der Waals surface area contributed by atoms with Crippen LogP contribution in [0.25, 0.3) is 0 Å². The highest BCUT2D eigenvalue weighted by Crippen LogP contribution is 2.42. The van der Waals surface area contributed by atoms with Crippen LogP contribution in [0.4, 0.5) is 0 Å². The summed E-state index contributed by atoms with van der Waals surface area (Å²) in [5, 5.41) is 10.8. The lowest BCUT2D eigenvalue weighted by atomic mass is 10.0. The molecule has 1 aliphatic rings. The fraction of sp³-hybridized carbons (Fsp3) is 0.882. The van der Waals surface area contributed by atoms with Crippen molar-refractivity contribution in [3.63, 3.8) is 0 Å². The van der Waals surface area contributed by atoms with Gasteiger partial charge in [-0.05, 0) is 18.1 Å². The van der Waals surface area contributed by atoms with Crippen LogP contribution in [0, 0.1) is 5.92 Å². The Morgan fingerprint density at radius 1 is 1.00 bits per heavy atom. The van der Waals surface area contributed by atoms with Gasteiger partial charge in [-0.25, -0.2) is 0 Å². The van der Waals surface area contributed by atoms with E-state index >= 15 is 0 Å². The van der Waals surface area contributed by atoms with Crippen LogP contribution in [-0.2, 0) is 23.4 Å². The van der Waals surface area contributed by atoms with Crippen molar-refractivity contribution in [1.82, 2.24) is 0 Å². The molecule has 7 heteroatoms. The summed E-state index contributed by atoms with van der Waals surface area (Å²) < 4.78 is 28.1. The highest BCUT2D eigenvalue weighted by Gasteiger charge is 2.54. The summed E-state index contributed by atoms with van der Waals surface area (Å²) in [6.07, 6.45) is -0.399. The summed E-state index contributed by atoms with van der Waals surface area (Å²) in [5.41, 5.74) is 0. The SMILES string of the molecule is C=C[C@@H]1[C@@H](O)[C@H](O[Si](C)(C)C(C)(C)C)[C@@H](OCOC)[C@H]1OCOC. The Kier molecular flexibility index (Phi) is 8.06. The monoisotopic (exact) mass is 362 g/mol. The van der Waals surface area contributed by atoms with Gasteiger partial charge in [0.15, 0.2) is 8.32 Å². The van der Waals surface area contributed by atoms with Gasteiger partial charge in [0.05, 0.1) is 12.2 Å². The van der Waals surface area contributed by atoms with Crippen LogP contribution in [0.2, 0.25) is 18.1 Å². The molecular weight excluding hydrogens is 328 g/mol. The van der Waals surface area contributed by atoms with E-state index in [4.69, 9.17) is 23.4 Å². The maximum Gasteiger partial charge on any atom is 0.192 e. The maximum absolute atomic E-state index is 10.8. The third-order valence-electron chi connectivity index (χ3n) is 5.02. The molecule has 6 nitrogen and oxygen atoms in total. The molecule has 0 aromatic heterocycles. The third-order valence-corrected chi connectivity index (χ3v) is 9.50. The lowest BCUT2D eigenvalue weighted by Gasteiger charge is -2.40. The van der Waals surface area contributed by atoms with Gasteiger partial charge in [-0.2, -0.15) is 0 Å². The molecule has 0 aromatic carbocycles. The fourth-order valence-electron chi connectivity index (χ4n) is 2.63. The second kappa shape index (κ2) is 8.89. The van der Waals surface area contributed by atoms with Crippen molar-refractivity contribution in [2.24, 2.45) is 5.92 Å². The molecule has 0 heterocycles. The van der Waals surface area contributed by atoms with Gasteiger partial charge in [0.25, 0.3) is 0 Å². The smallest absolute Gasteiger partial charge is 0.192 e. The lowest BCUT2D eigenvalue weighted by Crippen LogP contribution is -2.50. The second-order valence-corrected chi connectivity index (χ2v) is 12.5. The molecule has 1 saturated carbocycles. The summed E-state index contributed by atoms with van der Waals surface area (Å²) in [6, 6.07) is 0. The molecule has 0 unspecified atom stereocenters. The van der Waals surface area contributed by atoms with Crippen molar-refractivity contribution in [2.45, 2.75) is 63.3 Å². The number of hydrogen-bond acceptors (Lipinski definition) is 6. The molecule has 142 valence electrons. The average Bonchev–Trinajstić information content (AvgIpc) is 2.73. The Labute approximate surface area is 147 Å². The molecule has 0 bridgehead atoms. The number of aliphatic hydroxyl groups is 1. The summed E-state index contributed by atoms with van der Waals surface area (Å²) in [5.74, 6) is -0.295. The predicted octanol–water partition coefficient (Wildman–Crippen LogP) is 2.53. The van der Waals surface area contributed by atoms with Crippen LogP contribution >= 0.6 is 0 Å². The molecule has 1 rings (SSSR count).